The Morgan fingerprint density at radius 2 is 2.27 bits per heavy atom. The second kappa shape index (κ2) is 3.89. The van der Waals surface area contributed by atoms with E-state index >= 15 is 0 Å². The van der Waals surface area contributed by atoms with E-state index in [1.807, 2.05) is 5.32 Å². The van der Waals surface area contributed by atoms with Gasteiger partial charge in [0.2, 0.25) is 6.41 Å². The fourth-order valence-corrected chi connectivity index (χ4v) is 0.420. The van der Waals surface area contributed by atoms with Crippen molar-refractivity contribution in [3.63, 3.8) is 0 Å². The van der Waals surface area contributed by atoms with Crippen molar-refractivity contribution in [2.75, 3.05) is 13.7 Å². The van der Waals surface area contributed by atoms with Crippen LogP contribution in [0.3, 0.4) is 0 Å². The Balaban J connectivity index is 3.97. The summed E-state index contributed by atoms with van der Waals surface area (Å²) in [5.74, 6) is -3.86. The van der Waals surface area contributed by atoms with Crippen molar-refractivity contribution in [3.05, 3.63) is 0 Å². The van der Waals surface area contributed by atoms with Crippen LogP contribution in [0.1, 0.15) is 0 Å². The molecular formula is C5H9NO5. The maximum atomic E-state index is 10.5. The van der Waals surface area contributed by atoms with Crippen molar-refractivity contribution in [1.82, 2.24) is 5.32 Å². The fourth-order valence-electron chi connectivity index (χ4n) is 0.420. The van der Waals surface area contributed by atoms with E-state index in [4.69, 9.17) is 10.2 Å². The lowest BCUT2D eigenvalue weighted by atomic mass is 10.3. The number of rotatable bonds is 4. The van der Waals surface area contributed by atoms with Crippen molar-refractivity contribution in [2.24, 2.45) is 0 Å². The van der Waals surface area contributed by atoms with Crippen LogP contribution >= 0.6 is 0 Å². The van der Waals surface area contributed by atoms with E-state index in [-0.39, 0.29) is 6.41 Å². The van der Waals surface area contributed by atoms with Gasteiger partial charge < -0.3 is 20.3 Å². The first-order valence-corrected chi connectivity index (χ1v) is 2.75. The number of aliphatic hydroxyl groups is 2. The van der Waals surface area contributed by atoms with Crippen LogP contribution in [0.25, 0.3) is 0 Å². The average Bonchev–Trinajstić information content (AvgIpc) is 1.99. The minimum Gasteiger partial charge on any atom is -0.465 e. The molecule has 6 heteroatoms. The smallest absolute Gasteiger partial charge is 0.368 e. The van der Waals surface area contributed by atoms with Gasteiger partial charge in [0.1, 0.15) is 0 Å². The van der Waals surface area contributed by atoms with E-state index in [1.54, 1.807) is 0 Å². The lowest BCUT2D eigenvalue weighted by Crippen LogP contribution is -2.47. The third-order valence-electron chi connectivity index (χ3n) is 0.944. The molecule has 11 heavy (non-hydrogen) atoms. The number of amides is 1. The SMILES string of the molecule is COC(=O)C(O)(O)CNC=O. The summed E-state index contributed by atoms with van der Waals surface area (Å²) in [6.07, 6.45) is 0.240. The first-order valence-electron chi connectivity index (χ1n) is 2.75. The quantitative estimate of drug-likeness (QED) is 0.243. The molecule has 64 valence electrons. The molecule has 0 radical (unpaired) electrons. The third-order valence-corrected chi connectivity index (χ3v) is 0.944. The summed E-state index contributed by atoms with van der Waals surface area (Å²) in [5.41, 5.74) is 0. The molecule has 0 atom stereocenters. The molecule has 0 aromatic carbocycles. The van der Waals surface area contributed by atoms with Crippen LogP contribution in [-0.2, 0) is 14.3 Å². The number of hydrogen-bond acceptors (Lipinski definition) is 5. The molecule has 0 unspecified atom stereocenters. The summed E-state index contributed by atoms with van der Waals surface area (Å²) in [6, 6.07) is 0. The van der Waals surface area contributed by atoms with Crippen molar-refractivity contribution in [3.8, 4) is 0 Å². The number of methoxy groups -OCH3 is 1. The van der Waals surface area contributed by atoms with E-state index in [9.17, 15) is 9.59 Å². The average molecular weight is 163 g/mol. The fraction of sp³-hybridized carbons (Fsp3) is 0.600. The highest BCUT2D eigenvalue weighted by Crippen LogP contribution is 1.98. The van der Waals surface area contributed by atoms with Crippen molar-refractivity contribution < 1.29 is 24.5 Å². The van der Waals surface area contributed by atoms with Gasteiger partial charge in [0.15, 0.2) is 0 Å². The van der Waals surface area contributed by atoms with Gasteiger partial charge >= 0.3 is 5.97 Å². The lowest BCUT2D eigenvalue weighted by molar-refractivity contribution is -0.204. The van der Waals surface area contributed by atoms with Gasteiger partial charge in [0.05, 0.1) is 13.7 Å². The van der Waals surface area contributed by atoms with Crippen molar-refractivity contribution in [2.45, 2.75) is 5.79 Å². The van der Waals surface area contributed by atoms with E-state index in [2.05, 4.69) is 4.74 Å². The zero-order valence-corrected chi connectivity index (χ0v) is 5.90. The van der Waals surface area contributed by atoms with E-state index in [0.29, 0.717) is 0 Å². The molecule has 6 nitrogen and oxygen atoms in total. The Labute approximate surface area is 62.8 Å². The maximum absolute atomic E-state index is 10.5. The lowest BCUT2D eigenvalue weighted by Gasteiger charge is -2.16. The highest BCUT2D eigenvalue weighted by molar-refractivity contribution is 5.77. The number of carbonyl (C=O) groups is 2. The topological polar surface area (TPSA) is 95.9 Å². The van der Waals surface area contributed by atoms with Gasteiger partial charge in [-0.1, -0.05) is 0 Å². The molecule has 3 N–H and O–H groups in total. The molecule has 0 aliphatic carbocycles. The minimum atomic E-state index is -2.64. The molecule has 0 saturated carbocycles. The maximum Gasteiger partial charge on any atom is 0.368 e. The number of nitrogens with one attached hydrogen (secondary N) is 1. The number of carbonyl (C=O) groups excluding carboxylic acids is 2. The second-order valence-corrected chi connectivity index (χ2v) is 1.81. The van der Waals surface area contributed by atoms with Crippen LogP contribution in [0, 0.1) is 0 Å². The summed E-state index contributed by atoms with van der Waals surface area (Å²) in [4.78, 5) is 20.1. The Bertz CT molecular complexity index is 155. The van der Waals surface area contributed by atoms with Gasteiger partial charge in [-0.2, -0.15) is 0 Å². The Morgan fingerprint density at radius 1 is 1.73 bits per heavy atom. The molecule has 0 aromatic heterocycles. The summed E-state index contributed by atoms with van der Waals surface area (Å²) < 4.78 is 4.02. The van der Waals surface area contributed by atoms with Gasteiger partial charge in [-0.15, -0.1) is 0 Å². The van der Waals surface area contributed by atoms with E-state index < -0.39 is 18.3 Å². The first-order chi connectivity index (χ1) is 5.04. The molecule has 0 bridgehead atoms. The van der Waals surface area contributed by atoms with Crippen molar-refractivity contribution >= 4 is 12.4 Å². The molecule has 0 spiro atoms. The van der Waals surface area contributed by atoms with Crippen LogP contribution in [0.5, 0.6) is 0 Å². The van der Waals surface area contributed by atoms with Gasteiger partial charge in [-0.3, -0.25) is 4.79 Å². The first kappa shape index (κ1) is 9.86. The zero-order valence-electron chi connectivity index (χ0n) is 5.90. The zero-order chi connectivity index (χ0) is 8.91. The van der Waals surface area contributed by atoms with Crippen LogP contribution < -0.4 is 5.32 Å². The highest BCUT2D eigenvalue weighted by Gasteiger charge is 2.33. The molecule has 1 amide bonds. The molecular weight excluding hydrogens is 154 g/mol. The predicted octanol–water partition coefficient (Wildman–Crippen LogP) is -2.41. The standard InChI is InChI=1S/C5H9NO5/c1-11-4(8)5(9,10)2-6-3-7/h3,9-10H,2H2,1H3,(H,6,7). The van der Waals surface area contributed by atoms with Gasteiger partial charge in [0, 0.05) is 0 Å². The minimum absolute atomic E-state index is 0.240. The Morgan fingerprint density at radius 3 is 2.64 bits per heavy atom. The molecule has 0 heterocycles. The summed E-state index contributed by atoms with van der Waals surface area (Å²) in [6.45, 7) is -0.594. The van der Waals surface area contributed by atoms with Crippen LogP contribution in [0.2, 0.25) is 0 Å². The monoisotopic (exact) mass is 163 g/mol. The third kappa shape index (κ3) is 2.96. The van der Waals surface area contributed by atoms with Gasteiger partial charge in [-0.25, -0.2) is 4.79 Å². The van der Waals surface area contributed by atoms with E-state index in [0.717, 1.165) is 7.11 Å². The van der Waals surface area contributed by atoms with Gasteiger partial charge in [-0.05, 0) is 0 Å². The molecule has 0 aromatic rings. The second-order valence-electron chi connectivity index (χ2n) is 1.81. The molecule has 0 rings (SSSR count). The summed E-state index contributed by atoms with van der Waals surface area (Å²) in [5, 5.41) is 19.5. The van der Waals surface area contributed by atoms with E-state index in [1.165, 1.54) is 0 Å². The van der Waals surface area contributed by atoms with Crippen LogP contribution in [-0.4, -0.2) is 42.0 Å². The molecule has 0 saturated heterocycles. The largest absolute Gasteiger partial charge is 0.465 e. The molecule has 0 aliphatic rings. The number of hydrogen-bond donors (Lipinski definition) is 3. The van der Waals surface area contributed by atoms with Gasteiger partial charge in [0.25, 0.3) is 5.79 Å². The normalized spacial score (nSPS) is 10.5. The summed E-state index contributed by atoms with van der Waals surface area (Å²) >= 11 is 0. The highest BCUT2D eigenvalue weighted by atomic mass is 16.6. The Hall–Kier alpha value is -1.14. The number of esters is 1. The van der Waals surface area contributed by atoms with Crippen molar-refractivity contribution in [1.29, 1.82) is 0 Å². The molecule has 0 aliphatic heterocycles. The van der Waals surface area contributed by atoms with Crippen LogP contribution in [0.4, 0.5) is 0 Å². The van der Waals surface area contributed by atoms with Crippen LogP contribution in [0.15, 0.2) is 0 Å². The summed E-state index contributed by atoms with van der Waals surface area (Å²) in [7, 11) is 1.00. The predicted molar refractivity (Wildman–Crippen MR) is 33.3 cm³/mol. The molecule has 0 fully saturated rings. The Kier molecular flexibility index (Phi) is 3.49. The number of ether oxygens (including phenoxy) is 1.